The third kappa shape index (κ3) is 21.0. The maximum Gasteiger partial charge on any atom is 0.377 e. The van der Waals surface area contributed by atoms with Crippen LogP contribution in [0.2, 0.25) is 0 Å². The summed E-state index contributed by atoms with van der Waals surface area (Å²) in [6, 6.07) is 51.7. The van der Waals surface area contributed by atoms with Crippen molar-refractivity contribution in [3.05, 3.63) is 285 Å². The standard InChI is InChI=1S/C33H44N3O2.C29H34ClN2.C29H34N2O.C4H11NO2.Cl2HO2P.ClH/c1-7-35-28-17-11-9-15-26(28)32(3,4)30(35)19-13-14-25(34(20-22-37)21-23-38)24-31-33(5,6)27-16-10-12-18-29(27)36(31)8-2;1-7-31-24-17-11-9-15-22(24)28(3,4)26(31)19-13-14-21(30)20-27-29(5,6)23-16-10-12-18-25(23)32(27)8-2;1-7-30-24-17-11-9-15-22(24)28(3,4)26(30)19-13-14-21(32)20-27-29(5,6)23-16-10-12-18-25(23)31(27)8-2;6-3-1-5-2-4-7;1-5(2,3)4;/h9-19,24,37-38H,7-8,20-23H2,1-6H3;2*9-20H,7-8H2,1-6H3;5-7H,1-4H2;(H,3,4);1H/q2*+1;;;;/p-1/b;;14-13+,26-19+,27-20+;;;. The van der Waals surface area contributed by atoms with E-state index in [0.717, 1.165) is 55.7 Å². The number of aliphatic hydroxyl groups excluding tert-OH is 4. The van der Waals surface area contributed by atoms with Crippen LogP contribution in [0.25, 0.3) is 0 Å². The number of benzene rings is 6. The molecule has 12 rings (SSSR count). The Morgan fingerprint density at radius 3 is 1.10 bits per heavy atom. The summed E-state index contributed by atoms with van der Waals surface area (Å²) < 4.78 is 13.8. The second-order valence-corrected chi connectivity index (χ2v) is 36.5. The third-order valence-corrected chi connectivity index (χ3v) is 23.0. The van der Waals surface area contributed by atoms with Crippen LogP contribution in [0.15, 0.2) is 252 Å². The number of ketones is 1. The van der Waals surface area contributed by atoms with Crippen molar-refractivity contribution in [2.45, 2.75) is 157 Å². The molecule has 0 saturated carbocycles. The number of rotatable bonds is 23. The number of para-hydroxylation sites is 6. The van der Waals surface area contributed by atoms with Crippen LogP contribution in [-0.4, -0.2) is 144 Å². The number of fused-ring (bicyclic) bond motifs is 6. The normalized spacial score (nSPS) is 19.0. The van der Waals surface area contributed by atoms with E-state index in [4.69, 9.17) is 26.7 Å². The van der Waals surface area contributed by atoms with Gasteiger partial charge in [0.1, 0.15) is 19.8 Å². The number of hydrogen-bond donors (Lipinski definition) is 6. The average Bonchev–Trinajstić information content (AvgIpc) is 1.66. The number of nitrogens with zero attached hydrogens (tertiary/aromatic N) is 7. The molecule has 6 heterocycles. The SMILES string of the molecule is CCN1/C(=C/C=C/C(=O)/C=C2/N(CC)c3ccccc3C2(C)C)C(C)(C)c2ccccc21.CCN1C(=CC(/C=C/C=C2/N(CC)c3ccccc3C2(C)C)=[N+](CCO)CCO)C(C)(C)c2ccccc21.CCN1C(=CC(Cl)=CC=CC2=[N+](CC)c3ccccc3C2(C)C)C(C)(C)c2ccccc21.O=P(O)(Cl)Cl.OCCNCCO.[Cl-]. The van der Waals surface area contributed by atoms with Gasteiger partial charge in [0.15, 0.2) is 24.6 Å². The summed E-state index contributed by atoms with van der Waals surface area (Å²) in [6.07, 6.45) is 21.0. The fourth-order valence-corrected chi connectivity index (χ4v) is 17.3. The first-order valence-electron chi connectivity index (χ1n) is 40.2. The van der Waals surface area contributed by atoms with E-state index in [1.54, 1.807) is 6.08 Å². The molecule has 0 atom stereocenters. The van der Waals surface area contributed by atoms with Crippen LogP contribution in [0.1, 0.15) is 158 Å². The number of nitrogens with one attached hydrogen (secondary N) is 1. The predicted octanol–water partition coefficient (Wildman–Crippen LogP) is 16.5. The molecule has 0 spiro atoms. The van der Waals surface area contributed by atoms with Crippen LogP contribution in [0.4, 0.5) is 34.1 Å². The molecular weight excluding hydrogens is 1540 g/mol. The summed E-state index contributed by atoms with van der Waals surface area (Å²) in [6.45, 7) is 48.0. The molecule has 20 heteroatoms. The van der Waals surface area contributed by atoms with Crippen molar-refractivity contribution in [1.82, 2.24) is 5.32 Å². The van der Waals surface area contributed by atoms with Gasteiger partial charge in [0, 0.05) is 171 Å². The van der Waals surface area contributed by atoms with Crippen LogP contribution >= 0.6 is 40.2 Å². The molecule has 15 nitrogen and oxygen atoms in total. The number of likely N-dealkylation sites (N-methyl/N-ethyl adjacent to an activating group) is 5. The summed E-state index contributed by atoms with van der Waals surface area (Å²) >= 11 is 15.6. The number of halogens is 4. The van der Waals surface area contributed by atoms with E-state index in [1.165, 1.54) is 96.0 Å². The molecule has 6 N–H and O–H groups in total. The lowest BCUT2D eigenvalue weighted by Crippen LogP contribution is -3.00. The lowest BCUT2D eigenvalue weighted by molar-refractivity contribution is -0.530. The van der Waals surface area contributed by atoms with Crippen LogP contribution in [0.5, 0.6) is 0 Å². The molecule has 0 aliphatic carbocycles. The van der Waals surface area contributed by atoms with Crippen molar-refractivity contribution in [3.63, 3.8) is 0 Å². The van der Waals surface area contributed by atoms with Crippen molar-refractivity contribution in [2.24, 2.45) is 0 Å². The number of allylic oxidation sites excluding steroid dienone is 18. The Labute approximate surface area is 707 Å². The maximum absolute atomic E-state index is 13.0. The minimum atomic E-state index is -3.69. The molecule has 6 aliphatic rings. The van der Waals surface area contributed by atoms with Gasteiger partial charge in [-0.3, -0.25) is 9.36 Å². The molecule has 0 bridgehead atoms. The van der Waals surface area contributed by atoms with Gasteiger partial charge in [-0.1, -0.05) is 208 Å². The van der Waals surface area contributed by atoms with Gasteiger partial charge < -0.3 is 67.5 Å². The van der Waals surface area contributed by atoms with E-state index in [9.17, 15) is 19.6 Å². The van der Waals surface area contributed by atoms with Crippen LogP contribution in [-0.2, 0) is 41.8 Å². The average molecular weight is 1660 g/mol. The van der Waals surface area contributed by atoms with Gasteiger partial charge in [0.2, 0.25) is 11.4 Å². The van der Waals surface area contributed by atoms with Gasteiger partial charge in [-0.2, -0.15) is 4.58 Å². The highest BCUT2D eigenvalue weighted by Gasteiger charge is 2.46. The molecule has 115 heavy (non-hydrogen) atoms. The maximum atomic E-state index is 13.0. The lowest BCUT2D eigenvalue weighted by Gasteiger charge is -2.26. The molecular formula is C95H124Cl4N8O7P+. The molecule has 0 fully saturated rings. The summed E-state index contributed by atoms with van der Waals surface area (Å²) in [4.78, 5) is 32.3. The Morgan fingerprint density at radius 1 is 0.443 bits per heavy atom. The molecule has 6 aromatic rings. The van der Waals surface area contributed by atoms with Crippen molar-refractivity contribution in [2.75, 3.05) is 116 Å². The zero-order valence-electron chi connectivity index (χ0n) is 70.8. The van der Waals surface area contributed by atoms with Gasteiger partial charge >= 0.3 is 6.07 Å². The van der Waals surface area contributed by atoms with E-state index >= 15 is 0 Å². The minimum Gasteiger partial charge on any atom is -1.00 e. The Hall–Kier alpha value is -7.86. The Balaban J connectivity index is 0.000000222. The van der Waals surface area contributed by atoms with Gasteiger partial charge in [-0.05, 0) is 166 Å². The van der Waals surface area contributed by atoms with E-state index in [-0.39, 0.29) is 77.1 Å². The smallest absolute Gasteiger partial charge is 0.377 e. The van der Waals surface area contributed by atoms with Gasteiger partial charge in [-0.15, -0.1) is 0 Å². The largest absolute Gasteiger partial charge is 1.00 e. The van der Waals surface area contributed by atoms with E-state index in [1.807, 2.05) is 18.2 Å². The second kappa shape index (κ2) is 41.0. The van der Waals surface area contributed by atoms with Crippen LogP contribution < -0.4 is 42.2 Å². The van der Waals surface area contributed by atoms with Gasteiger partial charge in [0.25, 0.3) is 0 Å². The minimum absolute atomic E-state index is 0. The molecule has 0 saturated heterocycles. The van der Waals surface area contributed by atoms with E-state index in [2.05, 4.69) is 380 Å². The summed E-state index contributed by atoms with van der Waals surface area (Å²) in [5, 5.41) is 39.5. The van der Waals surface area contributed by atoms with Crippen molar-refractivity contribution in [3.8, 4) is 0 Å². The quantitative estimate of drug-likeness (QED) is 0.00896. The second-order valence-electron chi connectivity index (χ2n) is 31.9. The summed E-state index contributed by atoms with van der Waals surface area (Å²) in [7, 11) is 0. The highest BCUT2D eigenvalue weighted by molar-refractivity contribution is 8.04. The van der Waals surface area contributed by atoms with Crippen molar-refractivity contribution < 1.29 is 56.2 Å². The first kappa shape index (κ1) is 94.3. The topological polar surface area (TPSA) is 170 Å². The van der Waals surface area contributed by atoms with Crippen LogP contribution in [0, 0.1) is 0 Å². The Bertz CT molecular complexity index is 4780. The fourth-order valence-electron chi connectivity index (χ4n) is 17.1. The van der Waals surface area contributed by atoms with E-state index < -0.39 is 6.07 Å². The van der Waals surface area contributed by atoms with Crippen molar-refractivity contribution >= 4 is 91.5 Å². The van der Waals surface area contributed by atoms with Gasteiger partial charge in [-0.25, -0.2) is 4.58 Å². The number of anilines is 5. The Morgan fingerprint density at radius 2 is 0.757 bits per heavy atom. The zero-order valence-corrected chi connectivity index (χ0v) is 74.7. The van der Waals surface area contributed by atoms with Crippen LogP contribution in [0.3, 0.4) is 0 Å². The number of aliphatic hydroxyl groups is 4. The third-order valence-electron chi connectivity index (χ3n) is 22.8. The summed E-state index contributed by atoms with van der Waals surface area (Å²) in [5.41, 5.74) is 23.2. The highest BCUT2D eigenvalue weighted by Crippen LogP contribution is 2.54. The molecule has 0 radical (unpaired) electrons. The van der Waals surface area contributed by atoms with Crippen molar-refractivity contribution in [1.29, 1.82) is 0 Å². The monoisotopic (exact) mass is 1660 g/mol. The summed E-state index contributed by atoms with van der Waals surface area (Å²) in [5.74, 6) is 0.0209. The fraction of sp³-hybridized carbons (Fsp3) is 0.400. The number of carbonyl (C=O) groups is 1. The molecule has 0 amide bonds. The predicted molar refractivity (Wildman–Crippen MR) is 482 cm³/mol. The zero-order chi connectivity index (χ0) is 83.7. The first-order valence-corrected chi connectivity index (χ1v) is 44.0. The number of hydrogen-bond acceptors (Lipinski definition) is 12. The molecule has 0 aromatic heterocycles. The Kier molecular flexibility index (Phi) is 33.6. The van der Waals surface area contributed by atoms with E-state index in [0.29, 0.717) is 26.2 Å². The molecule has 6 aromatic carbocycles. The number of carbonyl (C=O) groups excluding carboxylic acids is 1. The highest BCUT2D eigenvalue weighted by atomic mass is 35.9. The molecule has 6 aliphatic heterocycles. The first-order chi connectivity index (χ1) is 54.1. The van der Waals surface area contributed by atoms with Gasteiger partial charge in [0.05, 0.1) is 18.6 Å². The molecule has 0 unspecified atom stereocenters. The lowest BCUT2D eigenvalue weighted by atomic mass is 9.81. The molecule has 618 valence electrons.